The highest BCUT2D eigenvalue weighted by molar-refractivity contribution is 6.35. The zero-order chi connectivity index (χ0) is 15.6. The van der Waals surface area contributed by atoms with Crippen LogP contribution in [0.3, 0.4) is 0 Å². The fraction of sp³-hybridized carbons (Fsp3) is 0.0667. The number of benzene rings is 2. The summed E-state index contributed by atoms with van der Waals surface area (Å²) in [5, 5.41) is 11.7. The van der Waals surface area contributed by atoms with Crippen LogP contribution < -0.4 is 5.32 Å². The molecule has 0 aliphatic rings. The first-order valence-electron chi connectivity index (χ1n) is 6.00. The SMILES string of the molecule is Cc1cccc(C(=O)Nc2cccc(F)c2C(=O)O)c1Cl. The Balaban J connectivity index is 2.39. The van der Waals surface area contributed by atoms with Crippen LogP contribution in [0.2, 0.25) is 5.02 Å². The molecule has 2 aromatic carbocycles. The maximum absolute atomic E-state index is 13.5. The number of carbonyl (C=O) groups excluding carboxylic acids is 1. The van der Waals surface area contributed by atoms with Crippen molar-refractivity contribution in [2.24, 2.45) is 0 Å². The summed E-state index contributed by atoms with van der Waals surface area (Å²) in [4.78, 5) is 23.2. The van der Waals surface area contributed by atoms with E-state index in [1.165, 1.54) is 18.2 Å². The van der Waals surface area contributed by atoms with Gasteiger partial charge >= 0.3 is 5.97 Å². The van der Waals surface area contributed by atoms with Gasteiger partial charge in [-0.2, -0.15) is 0 Å². The Hall–Kier alpha value is -2.40. The minimum absolute atomic E-state index is 0.120. The number of halogens is 2. The molecule has 0 spiro atoms. The highest BCUT2D eigenvalue weighted by atomic mass is 35.5. The summed E-state index contributed by atoms with van der Waals surface area (Å²) in [6, 6.07) is 8.54. The fourth-order valence-electron chi connectivity index (χ4n) is 1.86. The Kier molecular flexibility index (Phi) is 4.23. The van der Waals surface area contributed by atoms with Crippen molar-refractivity contribution < 1.29 is 19.1 Å². The molecular formula is C15H11ClFNO3. The van der Waals surface area contributed by atoms with Gasteiger partial charge in [0.15, 0.2) is 0 Å². The van der Waals surface area contributed by atoms with Gasteiger partial charge in [-0.3, -0.25) is 4.79 Å². The van der Waals surface area contributed by atoms with E-state index in [9.17, 15) is 14.0 Å². The molecule has 1 amide bonds. The van der Waals surface area contributed by atoms with Crippen LogP contribution >= 0.6 is 11.6 Å². The molecule has 0 atom stereocenters. The van der Waals surface area contributed by atoms with Crippen LogP contribution in [0.1, 0.15) is 26.3 Å². The van der Waals surface area contributed by atoms with Crippen LogP contribution in [0.5, 0.6) is 0 Å². The number of carbonyl (C=O) groups is 2. The van der Waals surface area contributed by atoms with Gasteiger partial charge in [0.25, 0.3) is 5.91 Å². The first kappa shape index (κ1) is 15.0. The monoisotopic (exact) mass is 307 g/mol. The second-order valence-electron chi connectivity index (χ2n) is 4.36. The molecule has 108 valence electrons. The molecule has 0 aromatic heterocycles. The zero-order valence-electron chi connectivity index (χ0n) is 11.0. The number of carboxylic acids is 1. The summed E-state index contributed by atoms with van der Waals surface area (Å²) in [6.45, 7) is 1.74. The summed E-state index contributed by atoms with van der Waals surface area (Å²) in [7, 11) is 0. The van der Waals surface area contributed by atoms with E-state index in [2.05, 4.69) is 5.32 Å². The van der Waals surface area contributed by atoms with E-state index in [0.717, 1.165) is 6.07 Å². The Bertz CT molecular complexity index is 731. The minimum Gasteiger partial charge on any atom is -0.478 e. The normalized spacial score (nSPS) is 10.2. The summed E-state index contributed by atoms with van der Waals surface area (Å²) in [5.74, 6) is -2.98. The van der Waals surface area contributed by atoms with Gasteiger partial charge in [0.1, 0.15) is 11.4 Å². The van der Waals surface area contributed by atoms with Crippen LogP contribution in [0.25, 0.3) is 0 Å². The summed E-state index contributed by atoms with van der Waals surface area (Å²) in [6.07, 6.45) is 0. The van der Waals surface area contributed by atoms with Crippen molar-refractivity contribution in [3.8, 4) is 0 Å². The summed E-state index contributed by atoms with van der Waals surface area (Å²) >= 11 is 6.04. The summed E-state index contributed by atoms with van der Waals surface area (Å²) in [5.41, 5.74) is 0.194. The van der Waals surface area contributed by atoms with Crippen molar-refractivity contribution in [2.75, 3.05) is 5.32 Å². The van der Waals surface area contributed by atoms with Crippen LogP contribution in [0.15, 0.2) is 36.4 Å². The van der Waals surface area contributed by atoms with Crippen molar-refractivity contribution in [1.29, 1.82) is 0 Å². The van der Waals surface area contributed by atoms with E-state index >= 15 is 0 Å². The lowest BCUT2D eigenvalue weighted by Gasteiger charge is -2.10. The van der Waals surface area contributed by atoms with E-state index in [0.29, 0.717) is 5.56 Å². The molecule has 0 aliphatic carbocycles. The molecule has 2 aromatic rings. The first-order chi connectivity index (χ1) is 9.91. The Labute approximate surface area is 125 Å². The Morgan fingerprint density at radius 1 is 1.19 bits per heavy atom. The molecule has 0 heterocycles. The number of hydrogen-bond acceptors (Lipinski definition) is 2. The van der Waals surface area contributed by atoms with Crippen LogP contribution in [-0.4, -0.2) is 17.0 Å². The number of aromatic carboxylic acids is 1. The molecule has 4 nitrogen and oxygen atoms in total. The number of hydrogen-bond donors (Lipinski definition) is 2. The third-order valence-corrected chi connectivity index (χ3v) is 3.41. The second kappa shape index (κ2) is 5.93. The molecule has 2 rings (SSSR count). The average molecular weight is 308 g/mol. The van der Waals surface area contributed by atoms with Crippen LogP contribution in [-0.2, 0) is 0 Å². The largest absolute Gasteiger partial charge is 0.478 e. The number of nitrogens with one attached hydrogen (secondary N) is 1. The molecule has 0 fully saturated rings. The van der Waals surface area contributed by atoms with Crippen molar-refractivity contribution in [3.05, 3.63) is 63.9 Å². The van der Waals surface area contributed by atoms with E-state index in [1.54, 1.807) is 19.1 Å². The maximum Gasteiger partial charge on any atom is 0.340 e. The third-order valence-electron chi connectivity index (χ3n) is 2.91. The zero-order valence-corrected chi connectivity index (χ0v) is 11.7. The van der Waals surface area contributed by atoms with E-state index in [1.807, 2.05) is 0 Å². The minimum atomic E-state index is -1.46. The number of carboxylic acid groups (broad SMARTS) is 1. The molecular weight excluding hydrogens is 297 g/mol. The smallest absolute Gasteiger partial charge is 0.340 e. The van der Waals surface area contributed by atoms with Crippen molar-refractivity contribution in [1.82, 2.24) is 0 Å². The number of aryl methyl sites for hydroxylation is 1. The molecule has 0 unspecified atom stereocenters. The average Bonchev–Trinajstić information content (AvgIpc) is 2.41. The lowest BCUT2D eigenvalue weighted by Crippen LogP contribution is -2.16. The van der Waals surface area contributed by atoms with Gasteiger partial charge < -0.3 is 10.4 Å². The highest BCUT2D eigenvalue weighted by Gasteiger charge is 2.19. The molecule has 0 aliphatic heterocycles. The number of amides is 1. The third kappa shape index (κ3) is 3.03. The number of anilines is 1. The van der Waals surface area contributed by atoms with Gasteiger partial charge in [-0.05, 0) is 30.7 Å². The molecule has 0 saturated carbocycles. The van der Waals surface area contributed by atoms with Crippen molar-refractivity contribution in [3.63, 3.8) is 0 Å². The fourth-order valence-corrected chi connectivity index (χ4v) is 2.07. The van der Waals surface area contributed by atoms with Gasteiger partial charge in [0, 0.05) is 0 Å². The van der Waals surface area contributed by atoms with Crippen molar-refractivity contribution >= 4 is 29.2 Å². The number of rotatable bonds is 3. The molecule has 2 N–H and O–H groups in total. The standard InChI is InChI=1S/C15H11ClFNO3/c1-8-4-2-5-9(13(8)16)14(19)18-11-7-3-6-10(17)12(11)15(20)21/h2-7H,1H3,(H,18,19)(H,20,21). The molecule has 6 heteroatoms. The van der Waals surface area contributed by atoms with Crippen LogP contribution in [0.4, 0.5) is 10.1 Å². The van der Waals surface area contributed by atoms with Gasteiger partial charge in [-0.25, -0.2) is 9.18 Å². The first-order valence-corrected chi connectivity index (χ1v) is 6.38. The molecule has 0 saturated heterocycles. The van der Waals surface area contributed by atoms with Gasteiger partial charge in [0.2, 0.25) is 0 Å². The van der Waals surface area contributed by atoms with Gasteiger partial charge in [-0.15, -0.1) is 0 Å². The van der Waals surface area contributed by atoms with Crippen LogP contribution in [0, 0.1) is 12.7 Å². The summed E-state index contributed by atoms with van der Waals surface area (Å²) < 4.78 is 13.5. The van der Waals surface area contributed by atoms with E-state index in [4.69, 9.17) is 16.7 Å². The second-order valence-corrected chi connectivity index (χ2v) is 4.74. The van der Waals surface area contributed by atoms with Gasteiger partial charge in [-0.1, -0.05) is 29.8 Å². The van der Waals surface area contributed by atoms with Crippen molar-refractivity contribution in [2.45, 2.75) is 6.92 Å². The predicted molar refractivity (Wildman–Crippen MR) is 77.5 cm³/mol. The topological polar surface area (TPSA) is 66.4 Å². The predicted octanol–water partition coefficient (Wildman–Crippen LogP) is 3.74. The lowest BCUT2D eigenvalue weighted by molar-refractivity contribution is 0.0693. The molecule has 21 heavy (non-hydrogen) atoms. The maximum atomic E-state index is 13.5. The lowest BCUT2D eigenvalue weighted by atomic mass is 10.1. The molecule has 0 radical (unpaired) electrons. The van der Waals surface area contributed by atoms with E-state index < -0.39 is 23.3 Å². The quantitative estimate of drug-likeness (QED) is 0.907. The van der Waals surface area contributed by atoms with E-state index in [-0.39, 0.29) is 16.3 Å². The molecule has 0 bridgehead atoms. The Morgan fingerprint density at radius 2 is 1.86 bits per heavy atom. The highest BCUT2D eigenvalue weighted by Crippen LogP contribution is 2.23. The Morgan fingerprint density at radius 3 is 2.52 bits per heavy atom. The van der Waals surface area contributed by atoms with Gasteiger partial charge in [0.05, 0.1) is 16.3 Å².